The minimum atomic E-state index is -0.0823. The second-order valence-corrected chi connectivity index (χ2v) is 5.80. The summed E-state index contributed by atoms with van der Waals surface area (Å²) in [6, 6.07) is 15.4. The van der Waals surface area contributed by atoms with Crippen LogP contribution in [0.4, 0.5) is 17.1 Å². The molecule has 0 heterocycles. The van der Waals surface area contributed by atoms with Gasteiger partial charge < -0.3 is 10.2 Å². The summed E-state index contributed by atoms with van der Waals surface area (Å²) in [6.45, 7) is 6.82. The van der Waals surface area contributed by atoms with Crippen LogP contribution in [-0.4, -0.2) is 23.2 Å². The number of nitrogens with zero attached hydrogens (tertiary/aromatic N) is 2. The van der Waals surface area contributed by atoms with Crippen molar-refractivity contribution in [3.63, 3.8) is 0 Å². The molecule has 0 amide bonds. The first-order chi connectivity index (χ1) is 11.7. The Morgan fingerprint density at radius 3 is 2.29 bits per heavy atom. The van der Waals surface area contributed by atoms with Crippen molar-refractivity contribution < 1.29 is 10.1 Å². The third kappa shape index (κ3) is 4.72. The van der Waals surface area contributed by atoms with Crippen molar-refractivity contribution in [1.82, 2.24) is 0 Å². The average molecular weight is 328 g/mol. The second-order valence-electron chi connectivity index (χ2n) is 5.80. The van der Waals surface area contributed by atoms with Gasteiger partial charge in [0.25, 0.3) is 4.92 Å². The molecule has 2 rings (SSSR count). The van der Waals surface area contributed by atoms with E-state index in [9.17, 15) is 10.1 Å². The van der Waals surface area contributed by atoms with E-state index in [4.69, 9.17) is 0 Å². The van der Waals surface area contributed by atoms with E-state index in [-0.39, 0.29) is 10.6 Å². The van der Waals surface area contributed by atoms with Gasteiger partial charge in [0.05, 0.1) is 4.91 Å². The van der Waals surface area contributed by atoms with E-state index in [0.29, 0.717) is 12.2 Å². The molecule has 0 spiro atoms. The molecule has 0 saturated heterocycles. The highest BCUT2D eigenvalue weighted by molar-refractivity contribution is 5.69. The van der Waals surface area contributed by atoms with Gasteiger partial charge in [-0.15, -0.1) is 0 Å². The van der Waals surface area contributed by atoms with Gasteiger partial charge in [-0.05, 0) is 30.5 Å². The monoisotopic (exact) mass is 328 g/mol. The van der Waals surface area contributed by atoms with Crippen LogP contribution in [0, 0.1) is 4.91 Å². The Morgan fingerprint density at radius 2 is 1.71 bits per heavy atom. The fourth-order valence-corrected chi connectivity index (χ4v) is 2.73. The molecule has 0 bridgehead atoms. The van der Waals surface area contributed by atoms with Gasteiger partial charge in [0.2, 0.25) is 0 Å². The molecule has 2 N–H and O–H groups in total. The normalized spacial score (nSPS) is 10.4. The Bertz CT molecular complexity index is 653. The third-order valence-electron chi connectivity index (χ3n) is 3.86. The SMILES string of the molecule is CCCN(CCC)c1ccc([N+](=O)O)c(NCc2ccccc2)c1. The topological polar surface area (TPSA) is 55.6 Å². The molecule has 0 radical (unpaired) electrons. The first-order valence-corrected chi connectivity index (χ1v) is 8.48. The molecule has 2 aromatic carbocycles. The van der Waals surface area contributed by atoms with Crippen molar-refractivity contribution in [2.75, 3.05) is 23.3 Å². The molecule has 0 unspecified atom stereocenters. The summed E-state index contributed by atoms with van der Waals surface area (Å²) in [7, 11) is 0. The molecule has 0 aliphatic rings. The van der Waals surface area contributed by atoms with Crippen molar-refractivity contribution in [2.24, 2.45) is 0 Å². The van der Waals surface area contributed by atoms with E-state index >= 15 is 0 Å². The van der Waals surface area contributed by atoms with E-state index in [0.717, 1.165) is 37.2 Å². The Kier molecular flexibility index (Phi) is 6.61. The minimum absolute atomic E-state index is 0.0823. The van der Waals surface area contributed by atoms with Crippen LogP contribution in [0.15, 0.2) is 48.5 Å². The molecule has 5 heteroatoms. The van der Waals surface area contributed by atoms with E-state index in [1.807, 2.05) is 42.5 Å². The molecule has 0 aliphatic carbocycles. The summed E-state index contributed by atoms with van der Waals surface area (Å²) < 4.78 is 0. The van der Waals surface area contributed by atoms with Crippen LogP contribution in [0.1, 0.15) is 32.3 Å². The van der Waals surface area contributed by atoms with Gasteiger partial charge in [-0.2, -0.15) is 0 Å². The van der Waals surface area contributed by atoms with Crippen molar-refractivity contribution in [2.45, 2.75) is 33.2 Å². The van der Waals surface area contributed by atoms with Crippen LogP contribution in [0.2, 0.25) is 0 Å². The lowest BCUT2D eigenvalue weighted by molar-refractivity contribution is -0.729. The first kappa shape index (κ1) is 17.8. The molecular weight excluding hydrogens is 302 g/mol. The number of nitrogens with one attached hydrogen (secondary N) is 1. The maximum absolute atomic E-state index is 11.4. The van der Waals surface area contributed by atoms with E-state index < -0.39 is 0 Å². The standard InChI is InChI=1S/C19H26N3O2/c1-3-12-21(13-4-2)17-10-11-19(22(23)24)18(14-17)20-15-16-8-6-5-7-9-16/h5-11,14,20H,3-4,12-13,15H2,1-2H3,(H,23,24)/q+1. The maximum Gasteiger partial charge on any atom is 0.339 e. The first-order valence-electron chi connectivity index (χ1n) is 8.48. The van der Waals surface area contributed by atoms with Crippen LogP contribution in [0.25, 0.3) is 0 Å². The Balaban J connectivity index is 2.25. The van der Waals surface area contributed by atoms with Crippen LogP contribution >= 0.6 is 0 Å². The zero-order valence-electron chi connectivity index (χ0n) is 14.4. The predicted octanol–water partition coefficient (Wildman–Crippen LogP) is 4.72. The van der Waals surface area contributed by atoms with Gasteiger partial charge in [0.1, 0.15) is 5.69 Å². The summed E-state index contributed by atoms with van der Waals surface area (Å²) in [5.74, 6) is 0. The summed E-state index contributed by atoms with van der Waals surface area (Å²) in [5.41, 5.74) is 3.02. The molecule has 2 aromatic rings. The number of rotatable bonds is 9. The fourth-order valence-electron chi connectivity index (χ4n) is 2.73. The van der Waals surface area contributed by atoms with Gasteiger partial charge in [-0.25, -0.2) is 5.21 Å². The summed E-state index contributed by atoms with van der Waals surface area (Å²) in [5, 5.41) is 12.6. The predicted molar refractivity (Wildman–Crippen MR) is 98.1 cm³/mol. The zero-order chi connectivity index (χ0) is 17.4. The van der Waals surface area contributed by atoms with Gasteiger partial charge >= 0.3 is 5.69 Å². The van der Waals surface area contributed by atoms with Gasteiger partial charge in [0, 0.05) is 31.4 Å². The molecule has 0 saturated carbocycles. The quantitative estimate of drug-likeness (QED) is 0.654. The number of hydrogen-bond acceptors (Lipinski definition) is 3. The summed E-state index contributed by atoms with van der Waals surface area (Å²) in [4.78, 5) is 13.6. The molecule has 0 fully saturated rings. The van der Waals surface area contributed by atoms with E-state index in [1.165, 1.54) is 0 Å². The molecule has 0 aromatic heterocycles. The van der Waals surface area contributed by atoms with Crippen LogP contribution in [0.5, 0.6) is 0 Å². The maximum atomic E-state index is 11.4. The van der Waals surface area contributed by atoms with Gasteiger partial charge in [0.15, 0.2) is 0 Å². The lowest BCUT2D eigenvalue weighted by Gasteiger charge is -2.24. The second kappa shape index (κ2) is 8.91. The van der Waals surface area contributed by atoms with Crippen molar-refractivity contribution in [1.29, 1.82) is 0 Å². The average Bonchev–Trinajstić information content (AvgIpc) is 2.60. The van der Waals surface area contributed by atoms with Gasteiger partial charge in [-0.3, -0.25) is 0 Å². The Labute approximate surface area is 143 Å². The van der Waals surface area contributed by atoms with Crippen LogP contribution < -0.4 is 10.2 Å². The largest absolute Gasteiger partial charge is 0.375 e. The van der Waals surface area contributed by atoms with Crippen LogP contribution in [0.3, 0.4) is 0 Å². The van der Waals surface area contributed by atoms with E-state index in [2.05, 4.69) is 24.1 Å². The Morgan fingerprint density at radius 1 is 1.04 bits per heavy atom. The molecule has 0 aliphatic heterocycles. The fraction of sp³-hybridized carbons (Fsp3) is 0.368. The smallest absolute Gasteiger partial charge is 0.339 e. The molecule has 128 valence electrons. The van der Waals surface area contributed by atoms with Crippen molar-refractivity contribution >= 4 is 17.1 Å². The van der Waals surface area contributed by atoms with Crippen LogP contribution in [-0.2, 0) is 6.54 Å². The molecule has 0 atom stereocenters. The number of benzene rings is 2. The summed E-state index contributed by atoms with van der Waals surface area (Å²) >= 11 is 0. The molecular formula is C19H26N3O2+. The van der Waals surface area contributed by atoms with E-state index in [1.54, 1.807) is 6.07 Å². The van der Waals surface area contributed by atoms with Crippen molar-refractivity contribution in [3.05, 3.63) is 59.0 Å². The Hall–Kier alpha value is -2.56. The lowest BCUT2D eigenvalue weighted by Crippen LogP contribution is -2.25. The number of anilines is 2. The minimum Gasteiger partial charge on any atom is -0.375 e. The lowest BCUT2D eigenvalue weighted by atomic mass is 10.2. The highest BCUT2D eigenvalue weighted by Crippen LogP contribution is 2.30. The molecule has 5 nitrogen and oxygen atoms in total. The summed E-state index contributed by atoms with van der Waals surface area (Å²) in [6.07, 6.45) is 2.12. The highest BCUT2D eigenvalue weighted by Gasteiger charge is 2.20. The zero-order valence-corrected chi connectivity index (χ0v) is 14.4. The number of hydrogen-bond donors (Lipinski definition) is 2. The molecule has 24 heavy (non-hydrogen) atoms. The van der Waals surface area contributed by atoms with Crippen molar-refractivity contribution in [3.8, 4) is 0 Å². The highest BCUT2D eigenvalue weighted by atomic mass is 16.6. The third-order valence-corrected chi connectivity index (χ3v) is 3.86. The van der Waals surface area contributed by atoms with Gasteiger partial charge in [-0.1, -0.05) is 44.2 Å².